The lowest BCUT2D eigenvalue weighted by atomic mass is 10.1. The van der Waals surface area contributed by atoms with Crippen LogP contribution in [-0.4, -0.2) is 57.7 Å². The molecule has 0 radical (unpaired) electrons. The molecule has 7 nitrogen and oxygen atoms in total. The smallest absolute Gasteiger partial charge is 0.310 e. The minimum absolute atomic E-state index is 0.0734. The number of esters is 2. The van der Waals surface area contributed by atoms with Crippen LogP contribution in [0.2, 0.25) is 0 Å². The maximum atomic E-state index is 12.0. The Kier molecular flexibility index (Phi) is 5.74. The second-order valence-electron chi connectivity index (χ2n) is 4.36. The molecule has 110 valence electrons. The van der Waals surface area contributed by atoms with Gasteiger partial charge in [0.05, 0.1) is 25.9 Å². The van der Waals surface area contributed by atoms with Gasteiger partial charge in [-0.1, -0.05) is 0 Å². The van der Waals surface area contributed by atoms with Crippen molar-refractivity contribution in [3.8, 4) is 0 Å². The van der Waals surface area contributed by atoms with Gasteiger partial charge in [-0.2, -0.15) is 0 Å². The van der Waals surface area contributed by atoms with Gasteiger partial charge in [0, 0.05) is 19.5 Å². The van der Waals surface area contributed by atoms with Crippen LogP contribution in [0, 0.1) is 5.92 Å². The molecule has 0 aromatic carbocycles. The fraction of sp³-hybridized carbons (Fsp3) is 0.818. The number of sulfonamides is 1. The van der Waals surface area contributed by atoms with Crippen LogP contribution < -0.4 is 0 Å². The third-order valence-electron chi connectivity index (χ3n) is 3.09. The lowest BCUT2D eigenvalue weighted by Crippen LogP contribution is -2.32. The predicted molar refractivity (Wildman–Crippen MR) is 66.7 cm³/mol. The summed E-state index contributed by atoms with van der Waals surface area (Å²) in [6, 6.07) is 0. The summed E-state index contributed by atoms with van der Waals surface area (Å²) in [5, 5.41) is 0. The molecule has 0 aromatic rings. The Labute approximate surface area is 112 Å². The number of hydrogen-bond acceptors (Lipinski definition) is 6. The molecule has 19 heavy (non-hydrogen) atoms. The van der Waals surface area contributed by atoms with E-state index in [0.29, 0.717) is 13.0 Å². The number of carbonyl (C=O) groups excluding carboxylic acids is 2. The van der Waals surface area contributed by atoms with E-state index in [4.69, 9.17) is 0 Å². The van der Waals surface area contributed by atoms with Crippen LogP contribution in [0.3, 0.4) is 0 Å². The van der Waals surface area contributed by atoms with Crippen LogP contribution in [0.1, 0.15) is 19.3 Å². The van der Waals surface area contributed by atoms with Crippen molar-refractivity contribution in [3.05, 3.63) is 0 Å². The van der Waals surface area contributed by atoms with Gasteiger partial charge in [0.2, 0.25) is 10.0 Å². The molecule has 1 rings (SSSR count). The van der Waals surface area contributed by atoms with Crippen molar-refractivity contribution in [2.45, 2.75) is 19.3 Å². The lowest BCUT2D eigenvalue weighted by molar-refractivity contribution is -0.144. The highest BCUT2D eigenvalue weighted by atomic mass is 32.2. The second-order valence-corrected chi connectivity index (χ2v) is 6.45. The van der Waals surface area contributed by atoms with Crippen molar-refractivity contribution in [3.63, 3.8) is 0 Å². The fourth-order valence-electron chi connectivity index (χ4n) is 1.97. The van der Waals surface area contributed by atoms with Gasteiger partial charge >= 0.3 is 11.9 Å². The van der Waals surface area contributed by atoms with Gasteiger partial charge in [-0.3, -0.25) is 9.59 Å². The van der Waals surface area contributed by atoms with E-state index >= 15 is 0 Å². The van der Waals surface area contributed by atoms with Crippen molar-refractivity contribution >= 4 is 22.0 Å². The van der Waals surface area contributed by atoms with Gasteiger partial charge < -0.3 is 9.47 Å². The molecule has 1 heterocycles. The minimum Gasteiger partial charge on any atom is -0.469 e. The molecule has 1 aliphatic heterocycles. The monoisotopic (exact) mass is 293 g/mol. The van der Waals surface area contributed by atoms with Gasteiger partial charge in [0.15, 0.2) is 0 Å². The Morgan fingerprint density at radius 3 is 2.53 bits per heavy atom. The zero-order valence-corrected chi connectivity index (χ0v) is 11.9. The average Bonchev–Trinajstić information content (AvgIpc) is 2.87. The maximum Gasteiger partial charge on any atom is 0.310 e. The van der Waals surface area contributed by atoms with E-state index in [-0.39, 0.29) is 37.0 Å². The highest BCUT2D eigenvalue weighted by Crippen LogP contribution is 2.21. The van der Waals surface area contributed by atoms with Crippen LogP contribution in [0.25, 0.3) is 0 Å². The zero-order valence-electron chi connectivity index (χ0n) is 11.1. The third kappa shape index (κ3) is 4.46. The summed E-state index contributed by atoms with van der Waals surface area (Å²) in [5.41, 5.74) is 0. The van der Waals surface area contributed by atoms with Crippen molar-refractivity contribution in [2.75, 3.05) is 33.1 Å². The Hall–Kier alpha value is -1.15. The number of hydrogen-bond donors (Lipinski definition) is 0. The molecular formula is C11H19NO6S. The van der Waals surface area contributed by atoms with Crippen LogP contribution in [0.4, 0.5) is 0 Å². The summed E-state index contributed by atoms with van der Waals surface area (Å²) < 4.78 is 34.3. The molecule has 0 aromatic heterocycles. The first-order chi connectivity index (χ1) is 8.90. The van der Waals surface area contributed by atoms with E-state index in [0.717, 1.165) is 0 Å². The van der Waals surface area contributed by atoms with Gasteiger partial charge in [-0.05, 0) is 12.8 Å². The first kappa shape index (κ1) is 15.9. The van der Waals surface area contributed by atoms with E-state index in [9.17, 15) is 18.0 Å². The number of rotatable bonds is 6. The zero-order chi connectivity index (χ0) is 14.5. The summed E-state index contributed by atoms with van der Waals surface area (Å²) in [6.45, 7) is 0.480. The summed E-state index contributed by atoms with van der Waals surface area (Å²) in [4.78, 5) is 22.2. The van der Waals surface area contributed by atoms with Gasteiger partial charge in [0.1, 0.15) is 0 Å². The molecule has 1 saturated heterocycles. The molecule has 1 atom stereocenters. The molecule has 8 heteroatoms. The van der Waals surface area contributed by atoms with E-state index in [1.54, 1.807) is 0 Å². The highest BCUT2D eigenvalue weighted by molar-refractivity contribution is 7.89. The maximum absolute atomic E-state index is 12.0. The lowest BCUT2D eigenvalue weighted by Gasteiger charge is -2.15. The molecule has 1 unspecified atom stereocenters. The molecule has 0 aliphatic carbocycles. The van der Waals surface area contributed by atoms with Crippen molar-refractivity contribution in [1.82, 2.24) is 4.31 Å². The van der Waals surface area contributed by atoms with Gasteiger partial charge in [0.25, 0.3) is 0 Å². The first-order valence-corrected chi connectivity index (χ1v) is 7.64. The molecular weight excluding hydrogens is 274 g/mol. The molecule has 1 fully saturated rings. The molecule has 0 N–H and O–H groups in total. The Morgan fingerprint density at radius 1 is 1.26 bits per heavy atom. The Morgan fingerprint density at radius 2 is 1.95 bits per heavy atom. The van der Waals surface area contributed by atoms with E-state index in [1.165, 1.54) is 18.5 Å². The normalized spacial score (nSPS) is 20.2. The van der Waals surface area contributed by atoms with Crippen molar-refractivity contribution in [1.29, 1.82) is 0 Å². The van der Waals surface area contributed by atoms with Crippen molar-refractivity contribution < 1.29 is 27.5 Å². The predicted octanol–water partition coefficient (Wildman–Crippen LogP) is -0.236. The van der Waals surface area contributed by atoms with E-state index < -0.39 is 16.0 Å². The second kappa shape index (κ2) is 6.85. The minimum atomic E-state index is -3.42. The molecule has 1 aliphatic rings. The average molecular weight is 293 g/mol. The van der Waals surface area contributed by atoms with Crippen molar-refractivity contribution in [2.24, 2.45) is 5.92 Å². The van der Waals surface area contributed by atoms with Crippen LogP contribution >= 0.6 is 0 Å². The summed E-state index contributed by atoms with van der Waals surface area (Å²) in [5.74, 6) is -1.31. The van der Waals surface area contributed by atoms with Crippen LogP contribution in [0.5, 0.6) is 0 Å². The Bertz CT molecular complexity index is 432. The number of ether oxygens (including phenoxy) is 2. The van der Waals surface area contributed by atoms with Crippen LogP contribution in [0.15, 0.2) is 0 Å². The number of nitrogens with zero attached hydrogens (tertiary/aromatic N) is 1. The SMILES string of the molecule is COC(=O)CCCS(=O)(=O)N1CCC(C(=O)OC)C1. The third-order valence-corrected chi connectivity index (χ3v) is 5.01. The molecule has 0 bridgehead atoms. The van der Waals surface area contributed by atoms with E-state index in [1.807, 2.05) is 0 Å². The molecule has 0 amide bonds. The van der Waals surface area contributed by atoms with Gasteiger partial charge in [-0.25, -0.2) is 12.7 Å². The number of carbonyl (C=O) groups is 2. The summed E-state index contributed by atoms with van der Waals surface area (Å²) in [7, 11) is -0.871. The first-order valence-electron chi connectivity index (χ1n) is 6.03. The topological polar surface area (TPSA) is 90.0 Å². The Balaban J connectivity index is 2.46. The molecule has 0 saturated carbocycles. The standard InChI is InChI=1S/C11H19NO6S/c1-17-10(13)4-3-7-19(15,16)12-6-5-9(8-12)11(14)18-2/h9H,3-8H2,1-2H3. The number of methoxy groups -OCH3 is 2. The fourth-order valence-corrected chi connectivity index (χ4v) is 3.53. The quantitative estimate of drug-likeness (QED) is 0.628. The summed E-state index contributed by atoms with van der Waals surface area (Å²) >= 11 is 0. The molecule has 0 spiro atoms. The highest BCUT2D eigenvalue weighted by Gasteiger charge is 2.35. The van der Waals surface area contributed by atoms with E-state index in [2.05, 4.69) is 9.47 Å². The largest absolute Gasteiger partial charge is 0.469 e. The summed E-state index contributed by atoms with van der Waals surface area (Å²) in [6.07, 6.45) is 0.765. The van der Waals surface area contributed by atoms with Crippen LogP contribution in [-0.2, 0) is 29.1 Å². The van der Waals surface area contributed by atoms with Gasteiger partial charge in [-0.15, -0.1) is 0 Å².